The van der Waals surface area contributed by atoms with Crippen LogP contribution in [-0.4, -0.2) is 16.1 Å². The van der Waals surface area contributed by atoms with Crippen LogP contribution in [0, 0.1) is 10.1 Å². The number of aliphatic hydroxyl groups is 1. The Labute approximate surface area is 131 Å². The Morgan fingerprint density at radius 3 is 2.62 bits per heavy atom. The van der Waals surface area contributed by atoms with E-state index in [-0.39, 0.29) is 16.7 Å². The average Bonchev–Trinajstić information content (AvgIpc) is 3.04. The number of nitro groups is 1. The van der Waals surface area contributed by atoms with Crippen molar-refractivity contribution < 1.29 is 10.0 Å². The second-order valence-electron chi connectivity index (χ2n) is 5.07. The summed E-state index contributed by atoms with van der Waals surface area (Å²) in [6, 6.07) is 5.61. The Bertz CT molecular complexity index is 606. The van der Waals surface area contributed by atoms with Crippen molar-refractivity contribution >= 4 is 33.4 Å². The topological polar surface area (TPSA) is 66.6 Å². The summed E-state index contributed by atoms with van der Waals surface area (Å²) in [7, 11) is 0. The molecule has 1 N–H and O–H groups in total. The number of nitrogens with zero attached hydrogens (tertiary/aromatic N) is 2. The van der Waals surface area contributed by atoms with Gasteiger partial charge in [-0.1, -0.05) is 6.07 Å². The van der Waals surface area contributed by atoms with Gasteiger partial charge in [-0.05, 0) is 32.2 Å². The van der Waals surface area contributed by atoms with Crippen molar-refractivity contribution in [1.82, 2.24) is 0 Å². The minimum Gasteiger partial charge on any atom is -0.388 e. The molecular weight excluding hydrogens is 308 g/mol. The van der Waals surface area contributed by atoms with Crippen molar-refractivity contribution in [3.8, 4) is 0 Å². The van der Waals surface area contributed by atoms with Gasteiger partial charge in [-0.25, -0.2) is 0 Å². The average molecular weight is 326 g/mol. The second kappa shape index (κ2) is 6.55. The van der Waals surface area contributed by atoms with E-state index in [1.165, 1.54) is 17.4 Å². The maximum Gasteiger partial charge on any atom is 0.304 e. The molecule has 0 aliphatic heterocycles. The lowest BCUT2D eigenvalue weighted by molar-refractivity contribution is -0.383. The van der Waals surface area contributed by atoms with Crippen LogP contribution in [-0.2, 0) is 6.54 Å². The number of anilines is 1. The first kappa shape index (κ1) is 15.9. The van der Waals surface area contributed by atoms with Gasteiger partial charge in [0.2, 0.25) is 0 Å². The highest BCUT2D eigenvalue weighted by molar-refractivity contribution is 7.16. The van der Waals surface area contributed by atoms with Gasteiger partial charge in [0.1, 0.15) is 0 Å². The fourth-order valence-electron chi connectivity index (χ4n) is 1.99. The van der Waals surface area contributed by atoms with Crippen LogP contribution in [0.15, 0.2) is 23.6 Å². The summed E-state index contributed by atoms with van der Waals surface area (Å²) in [6.07, 6.45) is -0.696. The van der Waals surface area contributed by atoms with Gasteiger partial charge < -0.3 is 10.0 Å². The summed E-state index contributed by atoms with van der Waals surface area (Å²) in [5.74, 6) is 0. The lowest BCUT2D eigenvalue weighted by Crippen LogP contribution is -2.29. The second-order valence-corrected chi connectivity index (χ2v) is 7.17. The molecule has 0 spiro atoms. The van der Waals surface area contributed by atoms with Gasteiger partial charge >= 0.3 is 5.69 Å². The van der Waals surface area contributed by atoms with E-state index in [2.05, 4.69) is 0 Å². The molecule has 0 aliphatic rings. The molecule has 0 aliphatic carbocycles. The molecule has 0 unspecified atom stereocenters. The summed E-state index contributed by atoms with van der Waals surface area (Å²) >= 11 is 2.93. The van der Waals surface area contributed by atoms with Crippen molar-refractivity contribution in [3.05, 3.63) is 43.4 Å². The van der Waals surface area contributed by atoms with Crippen molar-refractivity contribution in [2.24, 2.45) is 0 Å². The first-order valence-electron chi connectivity index (χ1n) is 6.65. The Morgan fingerprint density at radius 2 is 2.14 bits per heavy atom. The third kappa shape index (κ3) is 3.61. The first-order chi connectivity index (χ1) is 9.90. The molecule has 0 saturated heterocycles. The van der Waals surface area contributed by atoms with Crippen molar-refractivity contribution in [3.63, 3.8) is 0 Å². The third-order valence-electron chi connectivity index (χ3n) is 3.11. The van der Waals surface area contributed by atoms with E-state index in [4.69, 9.17) is 0 Å². The Kier molecular flexibility index (Phi) is 4.97. The highest BCUT2D eigenvalue weighted by Gasteiger charge is 2.27. The maximum absolute atomic E-state index is 11.3. The predicted octanol–water partition coefficient (Wildman–Crippen LogP) is 4.19. The van der Waals surface area contributed by atoms with Crippen LogP contribution in [0.3, 0.4) is 0 Å². The third-order valence-corrected chi connectivity index (χ3v) is 5.30. The molecule has 114 valence electrons. The summed E-state index contributed by atoms with van der Waals surface area (Å²) in [4.78, 5) is 14.7. The van der Waals surface area contributed by atoms with Gasteiger partial charge in [0.15, 0.2) is 5.00 Å². The number of aliphatic hydroxyl groups excluding tert-OH is 1. The molecule has 0 radical (unpaired) electrons. The summed E-state index contributed by atoms with van der Waals surface area (Å²) < 4.78 is 0. The molecular formula is C14H18N2O3S2. The van der Waals surface area contributed by atoms with E-state index >= 15 is 0 Å². The van der Waals surface area contributed by atoms with E-state index in [9.17, 15) is 15.2 Å². The van der Waals surface area contributed by atoms with Crippen LogP contribution in [0.25, 0.3) is 0 Å². The highest BCUT2D eigenvalue weighted by atomic mass is 32.1. The van der Waals surface area contributed by atoms with Gasteiger partial charge in [0, 0.05) is 21.9 Å². The molecule has 7 heteroatoms. The number of hydrogen-bond acceptors (Lipinski definition) is 6. The zero-order valence-corrected chi connectivity index (χ0v) is 13.8. The number of thiophene rings is 2. The SMILES string of the molecule is CC(C)N(Cc1cccs1)c1sc([C@H](C)O)cc1[N+](=O)[O-]. The molecule has 2 rings (SSSR count). The molecule has 2 aromatic heterocycles. The smallest absolute Gasteiger partial charge is 0.304 e. The number of rotatable bonds is 6. The Balaban J connectivity index is 2.41. The lowest BCUT2D eigenvalue weighted by atomic mass is 10.2. The molecule has 0 bridgehead atoms. The zero-order chi connectivity index (χ0) is 15.6. The minimum atomic E-state index is -0.696. The van der Waals surface area contributed by atoms with Gasteiger partial charge in [-0.15, -0.1) is 22.7 Å². The van der Waals surface area contributed by atoms with Crippen LogP contribution in [0.4, 0.5) is 10.7 Å². The molecule has 2 heterocycles. The highest BCUT2D eigenvalue weighted by Crippen LogP contribution is 2.41. The predicted molar refractivity (Wildman–Crippen MR) is 87.2 cm³/mol. The normalized spacial score (nSPS) is 12.6. The minimum absolute atomic E-state index is 0.0705. The summed E-state index contributed by atoms with van der Waals surface area (Å²) in [5, 5.41) is 23.6. The molecule has 1 atom stereocenters. The fourth-order valence-corrected chi connectivity index (χ4v) is 3.89. The summed E-state index contributed by atoms with van der Waals surface area (Å²) in [6.45, 7) is 6.28. The van der Waals surface area contributed by atoms with Crippen molar-refractivity contribution in [2.75, 3.05) is 4.90 Å². The van der Waals surface area contributed by atoms with Gasteiger partial charge in [0.25, 0.3) is 0 Å². The van der Waals surface area contributed by atoms with Crippen LogP contribution in [0.1, 0.15) is 36.6 Å². The molecule has 0 amide bonds. The van der Waals surface area contributed by atoms with E-state index in [0.717, 1.165) is 4.88 Å². The van der Waals surface area contributed by atoms with Crippen LogP contribution in [0.5, 0.6) is 0 Å². The van der Waals surface area contributed by atoms with Crippen molar-refractivity contribution in [1.29, 1.82) is 0 Å². The fraction of sp³-hybridized carbons (Fsp3) is 0.429. The molecule has 0 fully saturated rings. The van der Waals surface area contributed by atoms with E-state index in [0.29, 0.717) is 16.4 Å². The van der Waals surface area contributed by atoms with Crippen LogP contribution < -0.4 is 4.90 Å². The van der Waals surface area contributed by atoms with E-state index < -0.39 is 6.10 Å². The standard InChI is InChI=1S/C14H18N2O3S2/c1-9(2)15(8-11-5-4-6-20-11)14-12(16(18)19)7-13(21-14)10(3)17/h4-7,9-10,17H,8H2,1-3H3/t10-/m0/s1. The number of hydrogen-bond donors (Lipinski definition) is 1. The molecule has 2 aromatic rings. The quantitative estimate of drug-likeness (QED) is 0.638. The molecule has 0 aromatic carbocycles. The molecule has 5 nitrogen and oxygen atoms in total. The van der Waals surface area contributed by atoms with Gasteiger partial charge in [0.05, 0.1) is 17.6 Å². The van der Waals surface area contributed by atoms with Gasteiger partial charge in [-0.2, -0.15) is 0 Å². The van der Waals surface area contributed by atoms with Gasteiger partial charge in [-0.3, -0.25) is 10.1 Å². The summed E-state index contributed by atoms with van der Waals surface area (Å²) in [5.41, 5.74) is 0.0705. The van der Waals surface area contributed by atoms with Crippen LogP contribution in [0.2, 0.25) is 0 Å². The monoisotopic (exact) mass is 326 g/mol. The van der Waals surface area contributed by atoms with Crippen molar-refractivity contribution in [2.45, 2.75) is 39.5 Å². The van der Waals surface area contributed by atoms with E-state index in [1.807, 2.05) is 36.3 Å². The molecule has 21 heavy (non-hydrogen) atoms. The Hall–Kier alpha value is -1.44. The molecule has 0 saturated carbocycles. The van der Waals surface area contributed by atoms with E-state index in [1.54, 1.807) is 18.3 Å². The first-order valence-corrected chi connectivity index (χ1v) is 8.35. The maximum atomic E-state index is 11.3. The lowest BCUT2D eigenvalue weighted by Gasteiger charge is -2.26. The zero-order valence-electron chi connectivity index (χ0n) is 12.1. The Morgan fingerprint density at radius 1 is 1.43 bits per heavy atom. The van der Waals surface area contributed by atoms with Crippen LogP contribution >= 0.6 is 22.7 Å². The largest absolute Gasteiger partial charge is 0.388 e.